The van der Waals surface area contributed by atoms with Crippen LogP contribution < -0.4 is 10.6 Å². The lowest BCUT2D eigenvalue weighted by Gasteiger charge is -2.33. The average Bonchev–Trinajstić information content (AvgIpc) is 2.65. The zero-order chi connectivity index (χ0) is 19.9. The van der Waals surface area contributed by atoms with Gasteiger partial charge in [-0.3, -0.25) is 14.4 Å². The van der Waals surface area contributed by atoms with E-state index < -0.39 is 5.41 Å². The molecule has 0 aromatic carbocycles. The highest BCUT2D eigenvalue weighted by atomic mass is 16.2. The molecule has 0 radical (unpaired) electrons. The second-order valence-corrected chi connectivity index (χ2v) is 9.11. The number of rotatable bonds is 6. The van der Waals surface area contributed by atoms with Crippen LogP contribution in [0.15, 0.2) is 0 Å². The van der Waals surface area contributed by atoms with Crippen molar-refractivity contribution in [3.05, 3.63) is 0 Å². The molecule has 2 rings (SSSR count). The molecule has 1 aliphatic heterocycles. The topological polar surface area (TPSA) is 78.5 Å². The van der Waals surface area contributed by atoms with Crippen molar-refractivity contribution in [3.63, 3.8) is 0 Å². The van der Waals surface area contributed by atoms with Crippen LogP contribution in [-0.2, 0) is 14.4 Å². The number of amides is 3. The van der Waals surface area contributed by atoms with Gasteiger partial charge in [-0.1, -0.05) is 40.0 Å². The fourth-order valence-electron chi connectivity index (χ4n) is 3.82. The molecule has 1 saturated heterocycles. The van der Waals surface area contributed by atoms with Gasteiger partial charge in [-0.2, -0.15) is 0 Å². The van der Waals surface area contributed by atoms with E-state index >= 15 is 0 Å². The summed E-state index contributed by atoms with van der Waals surface area (Å²) in [4.78, 5) is 38.4. The Balaban J connectivity index is 1.61. The molecule has 2 fully saturated rings. The van der Waals surface area contributed by atoms with Gasteiger partial charge in [-0.25, -0.2) is 0 Å². The second-order valence-electron chi connectivity index (χ2n) is 9.11. The Kier molecular flexibility index (Phi) is 8.11. The molecule has 27 heavy (non-hydrogen) atoms. The summed E-state index contributed by atoms with van der Waals surface area (Å²) in [7, 11) is 0. The van der Waals surface area contributed by atoms with E-state index in [1.54, 1.807) is 0 Å². The average molecular weight is 380 g/mol. The summed E-state index contributed by atoms with van der Waals surface area (Å²) in [6, 6.07) is 0.203. The number of carbonyl (C=O) groups is 3. The van der Waals surface area contributed by atoms with E-state index in [-0.39, 0.29) is 29.7 Å². The molecule has 2 N–H and O–H groups in total. The number of nitrogens with zero attached hydrogens (tertiary/aromatic N) is 1. The van der Waals surface area contributed by atoms with Gasteiger partial charge in [0.1, 0.15) is 0 Å². The normalized spacial score (nSPS) is 19.6. The van der Waals surface area contributed by atoms with Crippen molar-refractivity contribution in [3.8, 4) is 0 Å². The first-order valence-corrected chi connectivity index (χ1v) is 10.6. The monoisotopic (exact) mass is 379 g/mol. The van der Waals surface area contributed by atoms with Crippen molar-refractivity contribution >= 4 is 17.7 Å². The van der Waals surface area contributed by atoms with Gasteiger partial charge in [-0.15, -0.1) is 0 Å². The van der Waals surface area contributed by atoms with E-state index in [2.05, 4.69) is 10.6 Å². The Morgan fingerprint density at radius 3 is 2.19 bits per heavy atom. The van der Waals surface area contributed by atoms with E-state index in [9.17, 15) is 14.4 Å². The van der Waals surface area contributed by atoms with Gasteiger partial charge in [0.25, 0.3) is 0 Å². The lowest BCUT2D eigenvalue weighted by atomic mass is 9.88. The maximum absolute atomic E-state index is 12.4. The van der Waals surface area contributed by atoms with Gasteiger partial charge in [-0.05, 0) is 32.1 Å². The molecule has 6 heteroatoms. The molecule has 0 unspecified atom stereocenters. The molecule has 0 atom stereocenters. The lowest BCUT2D eigenvalue weighted by Crippen LogP contribution is -2.48. The van der Waals surface area contributed by atoms with Gasteiger partial charge in [0.05, 0.1) is 0 Å². The molecule has 3 amide bonds. The summed E-state index contributed by atoms with van der Waals surface area (Å²) in [5.41, 5.74) is -0.395. The van der Waals surface area contributed by atoms with Crippen LogP contribution in [0.5, 0.6) is 0 Å². The standard InChI is InChI=1S/C21H37N3O3/c1-21(2,3)20(27)22-13-7-10-18(25)24-14-11-17(12-15-24)23-19(26)16-8-5-4-6-9-16/h16-17H,4-15H2,1-3H3,(H,22,27)(H,23,26). The highest BCUT2D eigenvalue weighted by Gasteiger charge is 2.27. The van der Waals surface area contributed by atoms with E-state index in [4.69, 9.17) is 0 Å². The minimum Gasteiger partial charge on any atom is -0.356 e. The van der Waals surface area contributed by atoms with Crippen LogP contribution in [0.1, 0.15) is 78.6 Å². The number of nitrogens with one attached hydrogen (secondary N) is 2. The molecule has 1 heterocycles. The molecular weight excluding hydrogens is 342 g/mol. The molecule has 0 aromatic rings. The zero-order valence-electron chi connectivity index (χ0n) is 17.3. The number of piperidine rings is 1. The number of hydrogen-bond acceptors (Lipinski definition) is 3. The van der Waals surface area contributed by atoms with Crippen molar-refractivity contribution in [2.45, 2.75) is 84.6 Å². The van der Waals surface area contributed by atoms with Crippen molar-refractivity contribution < 1.29 is 14.4 Å². The van der Waals surface area contributed by atoms with Crippen LogP contribution in [0, 0.1) is 11.3 Å². The highest BCUT2D eigenvalue weighted by molar-refractivity contribution is 5.81. The first-order valence-electron chi connectivity index (χ1n) is 10.6. The molecule has 0 bridgehead atoms. The molecular formula is C21H37N3O3. The molecule has 154 valence electrons. The Bertz CT molecular complexity index is 513. The summed E-state index contributed by atoms with van der Waals surface area (Å²) >= 11 is 0. The minimum absolute atomic E-state index is 0.0180. The smallest absolute Gasteiger partial charge is 0.225 e. The molecule has 6 nitrogen and oxygen atoms in total. The summed E-state index contributed by atoms with van der Waals surface area (Å²) in [5.74, 6) is 0.581. The quantitative estimate of drug-likeness (QED) is 0.696. The van der Waals surface area contributed by atoms with Crippen molar-refractivity contribution in [1.29, 1.82) is 0 Å². The SMILES string of the molecule is CC(C)(C)C(=O)NCCCC(=O)N1CCC(NC(=O)C2CCCCC2)CC1. The fraction of sp³-hybridized carbons (Fsp3) is 0.857. The first kappa shape index (κ1) is 21.7. The Labute approximate surface area is 163 Å². The fourth-order valence-corrected chi connectivity index (χ4v) is 3.82. The highest BCUT2D eigenvalue weighted by Crippen LogP contribution is 2.24. The Hall–Kier alpha value is -1.59. The van der Waals surface area contributed by atoms with E-state index in [0.717, 1.165) is 25.7 Å². The predicted molar refractivity (Wildman–Crippen MR) is 106 cm³/mol. The van der Waals surface area contributed by atoms with Crippen LogP contribution in [-0.4, -0.2) is 48.3 Å². The van der Waals surface area contributed by atoms with E-state index in [1.165, 1.54) is 19.3 Å². The van der Waals surface area contributed by atoms with Crippen LogP contribution in [0.4, 0.5) is 0 Å². The van der Waals surface area contributed by atoms with Gasteiger partial charge in [0, 0.05) is 43.4 Å². The van der Waals surface area contributed by atoms with Crippen molar-refractivity contribution in [2.24, 2.45) is 11.3 Å². The van der Waals surface area contributed by atoms with E-state index in [1.807, 2.05) is 25.7 Å². The minimum atomic E-state index is -0.395. The third-order valence-corrected chi connectivity index (χ3v) is 5.70. The van der Waals surface area contributed by atoms with Gasteiger partial charge in [0.15, 0.2) is 0 Å². The third kappa shape index (κ3) is 7.15. The molecule has 0 spiro atoms. The summed E-state index contributed by atoms with van der Waals surface area (Å²) in [6.07, 6.45) is 8.44. The molecule has 0 aromatic heterocycles. The molecule has 1 saturated carbocycles. The Morgan fingerprint density at radius 1 is 0.963 bits per heavy atom. The predicted octanol–water partition coefficient (Wildman–Crippen LogP) is 2.62. The van der Waals surface area contributed by atoms with Crippen molar-refractivity contribution in [2.75, 3.05) is 19.6 Å². The van der Waals surface area contributed by atoms with Gasteiger partial charge >= 0.3 is 0 Å². The first-order chi connectivity index (χ1) is 12.8. The van der Waals surface area contributed by atoms with Crippen LogP contribution >= 0.6 is 0 Å². The Morgan fingerprint density at radius 2 is 1.59 bits per heavy atom. The van der Waals surface area contributed by atoms with Gasteiger partial charge in [0.2, 0.25) is 17.7 Å². The van der Waals surface area contributed by atoms with Crippen LogP contribution in [0.3, 0.4) is 0 Å². The lowest BCUT2D eigenvalue weighted by molar-refractivity contribution is -0.133. The maximum atomic E-state index is 12.4. The third-order valence-electron chi connectivity index (χ3n) is 5.70. The largest absolute Gasteiger partial charge is 0.356 e. The summed E-state index contributed by atoms with van der Waals surface area (Å²) in [6.45, 7) is 7.60. The number of hydrogen-bond donors (Lipinski definition) is 2. The summed E-state index contributed by atoms with van der Waals surface area (Å²) in [5, 5.41) is 6.09. The number of likely N-dealkylation sites (tertiary alicyclic amines) is 1. The van der Waals surface area contributed by atoms with Gasteiger partial charge < -0.3 is 15.5 Å². The molecule has 2 aliphatic rings. The van der Waals surface area contributed by atoms with Crippen LogP contribution in [0.2, 0.25) is 0 Å². The second kappa shape index (κ2) is 10.1. The van der Waals surface area contributed by atoms with Crippen molar-refractivity contribution in [1.82, 2.24) is 15.5 Å². The maximum Gasteiger partial charge on any atom is 0.225 e. The van der Waals surface area contributed by atoms with Crippen LogP contribution in [0.25, 0.3) is 0 Å². The summed E-state index contributed by atoms with van der Waals surface area (Å²) < 4.78 is 0. The molecule has 1 aliphatic carbocycles. The number of carbonyl (C=O) groups excluding carboxylic acids is 3. The zero-order valence-corrected chi connectivity index (χ0v) is 17.3. The van der Waals surface area contributed by atoms with E-state index in [0.29, 0.717) is 32.5 Å².